The van der Waals surface area contributed by atoms with Crippen molar-refractivity contribution in [3.8, 4) is 5.75 Å². The van der Waals surface area contributed by atoms with Crippen LogP contribution in [-0.4, -0.2) is 33.4 Å². The van der Waals surface area contributed by atoms with Gasteiger partial charge in [0.1, 0.15) is 5.75 Å². The van der Waals surface area contributed by atoms with Crippen molar-refractivity contribution in [3.63, 3.8) is 0 Å². The van der Waals surface area contributed by atoms with Crippen LogP contribution >= 0.6 is 0 Å². The lowest BCUT2D eigenvalue weighted by molar-refractivity contribution is -0.384. The minimum absolute atomic E-state index is 0.0603. The molecule has 0 bridgehead atoms. The zero-order valence-corrected chi connectivity index (χ0v) is 20.3. The molecule has 0 unspecified atom stereocenters. The Bertz CT molecular complexity index is 1550. The number of benzene rings is 2. The lowest BCUT2D eigenvalue weighted by atomic mass is 9.59. The van der Waals surface area contributed by atoms with Gasteiger partial charge in [-0.25, -0.2) is 0 Å². The summed E-state index contributed by atoms with van der Waals surface area (Å²) in [4.78, 5) is 65.4. The van der Waals surface area contributed by atoms with Gasteiger partial charge in [0.2, 0.25) is 11.8 Å². The monoisotopic (exact) mass is 510 g/mol. The van der Waals surface area contributed by atoms with Crippen molar-refractivity contribution < 1.29 is 29.2 Å². The minimum atomic E-state index is -0.736. The first-order valence-corrected chi connectivity index (χ1v) is 12.3. The van der Waals surface area contributed by atoms with Crippen LogP contribution in [0, 0.1) is 27.9 Å². The van der Waals surface area contributed by atoms with Crippen molar-refractivity contribution in [2.45, 2.75) is 25.7 Å². The normalized spacial score (nSPS) is 26.5. The van der Waals surface area contributed by atoms with Gasteiger partial charge in [-0.2, -0.15) is 0 Å². The lowest BCUT2D eigenvalue weighted by Crippen LogP contribution is -2.39. The molecule has 6 rings (SSSR count). The number of phenolic OH excluding ortho intramolecular Hbond substituents is 1. The number of ketones is 2. The van der Waals surface area contributed by atoms with Crippen LogP contribution in [0.3, 0.4) is 0 Å². The number of aromatic hydroxyl groups is 1. The fraction of sp³-hybridized carbons (Fsp3) is 0.241. The maximum Gasteiger partial charge on any atom is 0.269 e. The van der Waals surface area contributed by atoms with E-state index in [1.54, 1.807) is 19.1 Å². The number of carbonyl (C=O) groups excluding carboxylic acids is 4. The van der Waals surface area contributed by atoms with Gasteiger partial charge in [0.05, 0.1) is 22.4 Å². The van der Waals surface area contributed by atoms with Crippen molar-refractivity contribution in [1.29, 1.82) is 0 Å². The number of nitrogens with zero attached hydrogens (tertiary/aromatic N) is 2. The number of rotatable bonds is 3. The van der Waals surface area contributed by atoms with Gasteiger partial charge in [0.15, 0.2) is 11.6 Å². The Balaban J connectivity index is 1.45. The highest BCUT2D eigenvalue weighted by atomic mass is 16.6. The number of phenols is 1. The molecule has 1 N–H and O–H groups in total. The molecule has 4 aliphatic rings. The first-order chi connectivity index (χ1) is 18.2. The van der Waals surface area contributed by atoms with Crippen molar-refractivity contribution in [2.24, 2.45) is 17.8 Å². The molecule has 190 valence electrons. The summed E-state index contributed by atoms with van der Waals surface area (Å²) in [5.41, 5.74) is 2.72. The summed E-state index contributed by atoms with van der Waals surface area (Å²) in [6, 6.07) is 11.7. The highest BCUT2D eigenvalue weighted by Gasteiger charge is 2.56. The van der Waals surface area contributed by atoms with Gasteiger partial charge in [-0.1, -0.05) is 23.8 Å². The van der Waals surface area contributed by atoms with E-state index in [0.29, 0.717) is 28.7 Å². The Hall–Kier alpha value is -4.66. The predicted molar refractivity (Wildman–Crippen MR) is 135 cm³/mol. The van der Waals surface area contributed by atoms with Crippen LogP contribution in [0.1, 0.15) is 31.2 Å². The number of allylic oxidation sites excluding steroid dienone is 6. The zero-order chi connectivity index (χ0) is 26.9. The van der Waals surface area contributed by atoms with E-state index in [1.165, 1.54) is 42.5 Å². The van der Waals surface area contributed by atoms with Crippen LogP contribution < -0.4 is 4.90 Å². The maximum absolute atomic E-state index is 13.8. The standard InChI is InChI=1S/C29H22N2O7/c1-14-12-23(33)26-22(27(14)34)13-21-19(24(26)15-2-8-18(32)9-3-15)10-11-20-25(21)29(36)30(28(20)35)16-4-6-17(7-5-16)31(37)38/h2-10,12,20-21,24-25,32H,11,13H2,1H3/t20-,21+,24-,25-/m0/s1. The second-order valence-corrected chi connectivity index (χ2v) is 10.1. The van der Waals surface area contributed by atoms with E-state index >= 15 is 0 Å². The number of fused-ring (bicyclic) bond motifs is 3. The number of nitro groups is 1. The third-order valence-electron chi connectivity index (χ3n) is 8.11. The molecule has 9 heteroatoms. The van der Waals surface area contributed by atoms with Crippen LogP contribution in [0.4, 0.5) is 11.4 Å². The molecule has 2 amide bonds. The fourth-order valence-corrected chi connectivity index (χ4v) is 6.41. The van der Waals surface area contributed by atoms with Crippen LogP contribution in [-0.2, 0) is 19.2 Å². The molecular weight excluding hydrogens is 488 g/mol. The number of hydrogen-bond donors (Lipinski definition) is 1. The average Bonchev–Trinajstić information content (AvgIpc) is 3.16. The van der Waals surface area contributed by atoms with E-state index in [0.717, 1.165) is 10.5 Å². The van der Waals surface area contributed by atoms with Gasteiger partial charge in [0.25, 0.3) is 5.69 Å². The smallest absolute Gasteiger partial charge is 0.269 e. The molecule has 9 nitrogen and oxygen atoms in total. The van der Waals surface area contributed by atoms with Crippen molar-refractivity contribution >= 4 is 34.8 Å². The minimum Gasteiger partial charge on any atom is -0.508 e. The Morgan fingerprint density at radius 1 is 0.947 bits per heavy atom. The molecule has 4 atom stereocenters. The third kappa shape index (κ3) is 3.38. The molecule has 1 fully saturated rings. The van der Waals surface area contributed by atoms with Gasteiger partial charge >= 0.3 is 0 Å². The number of amides is 2. The van der Waals surface area contributed by atoms with Gasteiger partial charge in [-0.3, -0.25) is 34.2 Å². The molecular formula is C29H22N2O7. The van der Waals surface area contributed by atoms with Gasteiger partial charge in [0, 0.05) is 34.8 Å². The number of imide groups is 1. The summed E-state index contributed by atoms with van der Waals surface area (Å²) in [5.74, 6) is -3.67. The third-order valence-corrected chi connectivity index (χ3v) is 8.11. The number of hydrogen-bond acceptors (Lipinski definition) is 7. The first kappa shape index (κ1) is 23.7. The van der Waals surface area contributed by atoms with Crippen LogP contribution in [0.25, 0.3) is 0 Å². The summed E-state index contributed by atoms with van der Waals surface area (Å²) < 4.78 is 0. The molecule has 0 aromatic heterocycles. The van der Waals surface area contributed by atoms with Gasteiger partial charge in [-0.05, 0) is 61.6 Å². The van der Waals surface area contributed by atoms with E-state index < -0.39 is 34.5 Å². The largest absolute Gasteiger partial charge is 0.508 e. The van der Waals surface area contributed by atoms with Gasteiger partial charge in [-0.15, -0.1) is 0 Å². The Labute approximate surface area is 216 Å². The van der Waals surface area contributed by atoms with Crippen molar-refractivity contribution in [2.75, 3.05) is 4.90 Å². The topological polar surface area (TPSA) is 135 Å². The average molecular weight is 511 g/mol. The summed E-state index contributed by atoms with van der Waals surface area (Å²) in [6.07, 6.45) is 3.72. The maximum atomic E-state index is 13.8. The SMILES string of the molecule is CC1=CC(=O)C2=C(C[C@@H]3C(=CC[C@@H]4C(=O)N(c5ccc([N+](=O)[O-])cc5)C(=O)[C@@H]43)[C@@H]2c2ccc(O)cc2)C1=O. The molecule has 38 heavy (non-hydrogen) atoms. The Morgan fingerprint density at radius 3 is 2.29 bits per heavy atom. The quantitative estimate of drug-likeness (QED) is 0.217. The Morgan fingerprint density at radius 2 is 1.63 bits per heavy atom. The number of Topliss-reactive ketones (excluding diaryl/α,β-unsaturated/α-hetero) is 1. The molecule has 0 spiro atoms. The van der Waals surface area contributed by atoms with E-state index in [4.69, 9.17) is 0 Å². The summed E-state index contributed by atoms with van der Waals surface area (Å²) in [7, 11) is 0. The zero-order valence-electron chi connectivity index (χ0n) is 20.3. The number of anilines is 1. The highest BCUT2D eigenvalue weighted by molar-refractivity contribution is 6.25. The van der Waals surface area contributed by atoms with Gasteiger partial charge < -0.3 is 5.11 Å². The summed E-state index contributed by atoms with van der Waals surface area (Å²) in [6.45, 7) is 1.59. The summed E-state index contributed by atoms with van der Waals surface area (Å²) in [5, 5.41) is 20.9. The number of nitro benzene ring substituents is 1. The molecule has 2 aromatic carbocycles. The molecule has 0 saturated carbocycles. The first-order valence-electron chi connectivity index (χ1n) is 12.3. The molecule has 3 aliphatic carbocycles. The number of carbonyl (C=O) groups is 4. The van der Waals surface area contributed by atoms with E-state index in [1.807, 2.05) is 6.08 Å². The van der Waals surface area contributed by atoms with Crippen LogP contribution in [0.5, 0.6) is 5.75 Å². The molecule has 1 heterocycles. The molecule has 2 aromatic rings. The summed E-state index contributed by atoms with van der Waals surface area (Å²) >= 11 is 0. The predicted octanol–water partition coefficient (Wildman–Crippen LogP) is 3.93. The van der Waals surface area contributed by atoms with E-state index in [9.17, 15) is 34.4 Å². The number of non-ortho nitro benzene ring substituents is 1. The lowest BCUT2D eigenvalue weighted by Gasteiger charge is -2.42. The second kappa shape index (κ2) is 8.44. The van der Waals surface area contributed by atoms with Crippen molar-refractivity contribution in [1.82, 2.24) is 0 Å². The van der Waals surface area contributed by atoms with E-state index in [2.05, 4.69) is 0 Å². The Kier molecular flexibility index (Phi) is 5.27. The van der Waals surface area contributed by atoms with E-state index in [-0.39, 0.29) is 41.0 Å². The molecule has 0 radical (unpaired) electrons. The molecule has 1 saturated heterocycles. The fourth-order valence-electron chi connectivity index (χ4n) is 6.41. The highest BCUT2D eigenvalue weighted by Crippen LogP contribution is 2.55. The van der Waals surface area contributed by atoms with Crippen LogP contribution in [0.2, 0.25) is 0 Å². The molecule has 1 aliphatic heterocycles. The van der Waals surface area contributed by atoms with Crippen molar-refractivity contribution in [3.05, 3.63) is 98.7 Å². The second-order valence-electron chi connectivity index (χ2n) is 10.1. The van der Waals surface area contributed by atoms with Crippen LogP contribution in [0.15, 0.2) is 83.0 Å².